The third kappa shape index (κ3) is 4.94. The second kappa shape index (κ2) is 8.34. The lowest BCUT2D eigenvalue weighted by Crippen LogP contribution is -2.19. The zero-order valence-electron chi connectivity index (χ0n) is 13.4. The topological polar surface area (TPSA) is 97.0 Å². The molecule has 0 unspecified atom stereocenters. The van der Waals surface area contributed by atoms with E-state index in [9.17, 15) is 14.9 Å². The number of nitrogens with zero attached hydrogens (tertiary/aromatic N) is 3. The minimum Gasteiger partial charge on any atom is -0.299 e. The van der Waals surface area contributed by atoms with Crippen molar-refractivity contribution in [2.24, 2.45) is 10.2 Å². The maximum atomic E-state index is 12.0. The molecule has 0 saturated carbocycles. The van der Waals surface area contributed by atoms with E-state index >= 15 is 0 Å². The van der Waals surface area contributed by atoms with E-state index in [2.05, 4.69) is 15.5 Å². The summed E-state index contributed by atoms with van der Waals surface area (Å²) in [6.07, 6.45) is 3.00. The number of amidine groups is 1. The van der Waals surface area contributed by atoms with Crippen LogP contribution in [0.2, 0.25) is 10.0 Å². The van der Waals surface area contributed by atoms with Gasteiger partial charge in [0.25, 0.3) is 11.6 Å². The lowest BCUT2D eigenvalue weighted by atomic mass is 10.2. The Bertz CT molecular complexity index is 1020. The highest BCUT2D eigenvalue weighted by Gasteiger charge is 2.24. The van der Waals surface area contributed by atoms with Crippen molar-refractivity contribution in [1.29, 1.82) is 0 Å². The van der Waals surface area contributed by atoms with E-state index in [1.54, 1.807) is 36.4 Å². The largest absolute Gasteiger partial charge is 0.299 e. The summed E-state index contributed by atoms with van der Waals surface area (Å²) in [5.41, 5.74) is 1.13. The minimum absolute atomic E-state index is 0.0415. The van der Waals surface area contributed by atoms with E-state index in [-0.39, 0.29) is 16.8 Å². The number of nitrogens with one attached hydrogen (secondary N) is 1. The molecule has 7 nitrogen and oxygen atoms in total. The number of carbonyl (C=O) groups excluding carboxylic acids is 1. The van der Waals surface area contributed by atoms with Gasteiger partial charge in [-0.25, -0.2) is 0 Å². The van der Waals surface area contributed by atoms with Crippen LogP contribution in [-0.4, -0.2) is 22.2 Å². The van der Waals surface area contributed by atoms with Crippen molar-refractivity contribution in [3.05, 3.63) is 78.7 Å². The SMILES string of the molecule is O=C1NC(=NN=Cc2cccc([N+](=O)[O-])c2)SC1=Cc1ccc(Cl)cc1Cl. The van der Waals surface area contributed by atoms with Crippen LogP contribution in [0.3, 0.4) is 0 Å². The van der Waals surface area contributed by atoms with Gasteiger partial charge in [-0.05, 0) is 35.5 Å². The second-order valence-electron chi connectivity index (χ2n) is 5.23. The molecule has 1 fully saturated rings. The van der Waals surface area contributed by atoms with Gasteiger partial charge >= 0.3 is 0 Å². The van der Waals surface area contributed by atoms with E-state index in [0.29, 0.717) is 26.1 Å². The first-order chi connectivity index (χ1) is 12.9. The van der Waals surface area contributed by atoms with E-state index < -0.39 is 4.92 Å². The number of halogens is 2. The molecule has 0 radical (unpaired) electrons. The van der Waals surface area contributed by atoms with E-state index in [0.717, 1.165) is 11.8 Å². The Hall–Kier alpha value is -2.68. The number of hydrogen-bond donors (Lipinski definition) is 1. The molecule has 3 rings (SSSR count). The quantitative estimate of drug-likeness (QED) is 0.340. The van der Waals surface area contributed by atoms with Gasteiger partial charge in [-0.3, -0.25) is 20.2 Å². The van der Waals surface area contributed by atoms with Gasteiger partial charge in [-0.15, -0.1) is 5.10 Å². The number of hydrogen-bond acceptors (Lipinski definition) is 6. The average Bonchev–Trinajstić information content (AvgIpc) is 2.97. The van der Waals surface area contributed by atoms with Crippen molar-refractivity contribution >= 4 is 64.0 Å². The highest BCUT2D eigenvalue weighted by molar-refractivity contribution is 8.18. The fourth-order valence-corrected chi connectivity index (χ4v) is 3.33. The van der Waals surface area contributed by atoms with Crippen LogP contribution in [0.25, 0.3) is 6.08 Å². The Balaban J connectivity index is 1.74. The first-order valence-electron chi connectivity index (χ1n) is 7.44. The van der Waals surface area contributed by atoms with Gasteiger partial charge in [-0.2, -0.15) is 5.10 Å². The predicted octanol–water partition coefficient (Wildman–Crippen LogP) is 4.50. The van der Waals surface area contributed by atoms with E-state index in [4.69, 9.17) is 23.2 Å². The fourth-order valence-electron chi connectivity index (χ4n) is 2.10. The molecule has 0 aliphatic carbocycles. The summed E-state index contributed by atoms with van der Waals surface area (Å²) in [4.78, 5) is 22.7. The molecule has 1 amide bonds. The van der Waals surface area contributed by atoms with Crippen LogP contribution < -0.4 is 5.32 Å². The molecule has 2 aromatic rings. The molecular formula is C17H10Cl2N4O3S. The van der Waals surface area contributed by atoms with Gasteiger partial charge in [-0.1, -0.05) is 41.4 Å². The van der Waals surface area contributed by atoms with Crippen molar-refractivity contribution in [2.75, 3.05) is 0 Å². The van der Waals surface area contributed by atoms with Crippen molar-refractivity contribution in [3.63, 3.8) is 0 Å². The predicted molar refractivity (Wildman–Crippen MR) is 108 cm³/mol. The number of nitro benzene ring substituents is 1. The third-order valence-corrected chi connectivity index (χ3v) is 4.80. The summed E-state index contributed by atoms with van der Waals surface area (Å²) < 4.78 is 0. The lowest BCUT2D eigenvalue weighted by molar-refractivity contribution is -0.384. The molecule has 10 heteroatoms. The highest BCUT2D eigenvalue weighted by Crippen LogP contribution is 2.29. The number of carbonyl (C=O) groups is 1. The number of benzene rings is 2. The molecular weight excluding hydrogens is 411 g/mol. The van der Waals surface area contributed by atoms with E-state index in [1.807, 2.05) is 0 Å². The summed E-state index contributed by atoms with van der Waals surface area (Å²) in [6, 6.07) is 10.9. The molecule has 0 spiro atoms. The lowest BCUT2D eigenvalue weighted by Gasteiger charge is -1.99. The van der Waals surface area contributed by atoms with Gasteiger partial charge in [0.2, 0.25) is 0 Å². The molecule has 1 heterocycles. The standard InChI is InChI=1S/C17H10Cl2N4O3S/c18-12-5-4-11(14(19)8-12)7-15-16(24)21-17(27-15)22-20-9-10-2-1-3-13(6-10)23(25)26/h1-9H,(H,21,22,24). The highest BCUT2D eigenvalue weighted by atomic mass is 35.5. The summed E-state index contributed by atoms with van der Waals surface area (Å²) in [7, 11) is 0. The van der Waals surface area contributed by atoms with Crippen molar-refractivity contribution in [3.8, 4) is 0 Å². The van der Waals surface area contributed by atoms with Crippen molar-refractivity contribution in [1.82, 2.24) is 5.32 Å². The summed E-state index contributed by atoms with van der Waals surface area (Å²) in [5.74, 6) is -0.324. The molecule has 27 heavy (non-hydrogen) atoms. The first-order valence-corrected chi connectivity index (χ1v) is 9.01. The molecule has 0 bridgehead atoms. The molecule has 1 saturated heterocycles. The van der Waals surface area contributed by atoms with Crippen LogP contribution in [0.1, 0.15) is 11.1 Å². The summed E-state index contributed by atoms with van der Waals surface area (Å²) in [5, 5.41) is 22.4. The molecule has 2 aromatic carbocycles. The van der Waals surface area contributed by atoms with Crippen LogP contribution >= 0.6 is 35.0 Å². The Morgan fingerprint density at radius 1 is 1.19 bits per heavy atom. The number of amides is 1. The zero-order chi connectivity index (χ0) is 19.4. The van der Waals surface area contributed by atoms with Crippen molar-refractivity contribution in [2.45, 2.75) is 0 Å². The fraction of sp³-hybridized carbons (Fsp3) is 0. The van der Waals surface area contributed by atoms with Crippen LogP contribution in [0, 0.1) is 10.1 Å². The average molecular weight is 421 g/mol. The number of nitro groups is 1. The van der Waals surface area contributed by atoms with Gasteiger partial charge < -0.3 is 0 Å². The van der Waals surface area contributed by atoms with Crippen LogP contribution in [0.15, 0.2) is 57.6 Å². The Labute approximate surface area is 167 Å². The normalized spacial score (nSPS) is 17.0. The maximum absolute atomic E-state index is 12.0. The Kier molecular flexibility index (Phi) is 5.90. The number of thioether (sulfide) groups is 1. The number of non-ortho nitro benzene ring substituents is 1. The van der Waals surface area contributed by atoms with E-state index in [1.165, 1.54) is 18.3 Å². The van der Waals surface area contributed by atoms with Gasteiger partial charge in [0, 0.05) is 27.7 Å². The van der Waals surface area contributed by atoms with Crippen LogP contribution in [-0.2, 0) is 4.79 Å². The summed E-state index contributed by atoms with van der Waals surface area (Å²) >= 11 is 13.1. The number of rotatable bonds is 4. The maximum Gasteiger partial charge on any atom is 0.270 e. The Morgan fingerprint density at radius 2 is 2.00 bits per heavy atom. The smallest absolute Gasteiger partial charge is 0.270 e. The van der Waals surface area contributed by atoms with Gasteiger partial charge in [0.15, 0.2) is 5.17 Å². The van der Waals surface area contributed by atoms with Crippen LogP contribution in [0.5, 0.6) is 0 Å². The minimum atomic E-state index is -0.491. The van der Waals surface area contributed by atoms with Gasteiger partial charge in [0.05, 0.1) is 16.0 Å². The molecule has 1 N–H and O–H groups in total. The molecule has 1 aliphatic heterocycles. The zero-order valence-corrected chi connectivity index (χ0v) is 15.8. The molecule has 1 aliphatic rings. The monoisotopic (exact) mass is 420 g/mol. The first kappa shape index (κ1) is 19.1. The van der Waals surface area contributed by atoms with Gasteiger partial charge in [0.1, 0.15) is 0 Å². The van der Waals surface area contributed by atoms with Crippen LogP contribution in [0.4, 0.5) is 5.69 Å². The molecule has 0 atom stereocenters. The Morgan fingerprint density at radius 3 is 2.74 bits per heavy atom. The molecule has 0 aromatic heterocycles. The second-order valence-corrected chi connectivity index (χ2v) is 7.11. The van der Waals surface area contributed by atoms with Crippen molar-refractivity contribution < 1.29 is 9.72 Å². The molecule has 136 valence electrons. The third-order valence-electron chi connectivity index (χ3n) is 3.34. The summed E-state index contributed by atoms with van der Waals surface area (Å²) in [6.45, 7) is 0.